The second-order valence-corrected chi connectivity index (χ2v) is 7.26. The first kappa shape index (κ1) is 17.0. The number of anilines is 1. The molecular weight excluding hydrogens is 435 g/mol. The molecule has 5 nitrogen and oxygen atoms in total. The highest BCUT2D eigenvalue weighted by atomic mass is 127. The maximum absolute atomic E-state index is 12.1. The summed E-state index contributed by atoms with van der Waals surface area (Å²) >= 11 is 3.60. The van der Waals surface area contributed by atoms with Crippen molar-refractivity contribution in [3.63, 3.8) is 0 Å². The second kappa shape index (κ2) is 7.80. The van der Waals surface area contributed by atoms with E-state index in [1.165, 1.54) is 11.8 Å². The first-order valence-corrected chi connectivity index (χ1v) is 9.33. The molecule has 1 N–H and O–H groups in total. The third-order valence-corrected chi connectivity index (χ3v) is 5.07. The molecule has 7 heteroatoms. The molecule has 122 valence electrons. The first-order chi connectivity index (χ1) is 11.6. The highest BCUT2D eigenvalue weighted by Crippen LogP contribution is 2.22. The number of nitrogens with zero attached hydrogens (tertiary/aromatic N) is 3. The van der Waals surface area contributed by atoms with Crippen molar-refractivity contribution in [2.45, 2.75) is 5.16 Å². The van der Waals surface area contributed by atoms with Crippen LogP contribution in [0, 0.1) is 3.57 Å². The highest BCUT2D eigenvalue weighted by Gasteiger charge is 2.12. The van der Waals surface area contributed by atoms with Crippen LogP contribution in [0.5, 0.6) is 0 Å². The van der Waals surface area contributed by atoms with Crippen molar-refractivity contribution < 1.29 is 4.79 Å². The Bertz CT molecular complexity index is 834. The molecular formula is C17H15IN4OS. The van der Waals surface area contributed by atoms with Gasteiger partial charge in [0.2, 0.25) is 5.91 Å². The summed E-state index contributed by atoms with van der Waals surface area (Å²) < 4.78 is 3.03. The van der Waals surface area contributed by atoms with E-state index in [9.17, 15) is 4.79 Å². The third kappa shape index (κ3) is 4.15. The van der Waals surface area contributed by atoms with E-state index < -0.39 is 0 Å². The number of carbonyl (C=O) groups is 1. The SMILES string of the molecule is Cn1c(SCC(=O)Nc2ccc(I)cc2)nnc1-c1ccccc1. The summed E-state index contributed by atoms with van der Waals surface area (Å²) in [5, 5.41) is 12.0. The number of benzene rings is 2. The van der Waals surface area contributed by atoms with Crippen LogP contribution >= 0.6 is 34.4 Å². The zero-order valence-electron chi connectivity index (χ0n) is 12.9. The Kier molecular flexibility index (Phi) is 5.52. The maximum Gasteiger partial charge on any atom is 0.234 e. The smallest absolute Gasteiger partial charge is 0.234 e. The maximum atomic E-state index is 12.1. The number of thioether (sulfide) groups is 1. The van der Waals surface area contributed by atoms with Gasteiger partial charge >= 0.3 is 0 Å². The fraction of sp³-hybridized carbons (Fsp3) is 0.118. The Hall–Kier alpha value is -1.87. The van der Waals surface area contributed by atoms with E-state index in [0.29, 0.717) is 5.16 Å². The summed E-state index contributed by atoms with van der Waals surface area (Å²) in [6.45, 7) is 0. The second-order valence-electron chi connectivity index (χ2n) is 5.07. The minimum Gasteiger partial charge on any atom is -0.325 e. The average Bonchev–Trinajstić information content (AvgIpc) is 2.97. The van der Waals surface area contributed by atoms with E-state index in [1.807, 2.05) is 66.2 Å². The molecule has 0 unspecified atom stereocenters. The predicted octanol–water partition coefficient (Wildman–Crippen LogP) is 3.82. The topological polar surface area (TPSA) is 59.8 Å². The van der Waals surface area contributed by atoms with E-state index in [0.717, 1.165) is 20.6 Å². The Morgan fingerprint density at radius 2 is 1.83 bits per heavy atom. The van der Waals surface area contributed by atoms with Gasteiger partial charge in [0.1, 0.15) is 0 Å². The van der Waals surface area contributed by atoms with E-state index in [4.69, 9.17) is 0 Å². The van der Waals surface area contributed by atoms with Gasteiger partial charge in [0, 0.05) is 21.9 Å². The lowest BCUT2D eigenvalue weighted by molar-refractivity contribution is -0.113. The fourth-order valence-corrected chi connectivity index (χ4v) is 3.21. The monoisotopic (exact) mass is 450 g/mol. The summed E-state index contributed by atoms with van der Waals surface area (Å²) in [5.41, 5.74) is 1.80. The molecule has 0 atom stereocenters. The van der Waals surface area contributed by atoms with E-state index in [-0.39, 0.29) is 11.7 Å². The minimum absolute atomic E-state index is 0.0644. The van der Waals surface area contributed by atoms with Crippen molar-refractivity contribution in [3.05, 3.63) is 58.2 Å². The molecule has 0 aliphatic heterocycles. The van der Waals surface area contributed by atoms with E-state index in [1.54, 1.807) is 0 Å². The zero-order valence-corrected chi connectivity index (χ0v) is 15.9. The van der Waals surface area contributed by atoms with Gasteiger partial charge in [0.25, 0.3) is 0 Å². The van der Waals surface area contributed by atoms with E-state index in [2.05, 4.69) is 38.1 Å². The van der Waals surface area contributed by atoms with Crippen LogP contribution in [0.3, 0.4) is 0 Å². The van der Waals surface area contributed by atoms with Crippen molar-refractivity contribution in [2.75, 3.05) is 11.1 Å². The van der Waals surface area contributed by atoms with Gasteiger partial charge in [0.15, 0.2) is 11.0 Å². The summed E-state index contributed by atoms with van der Waals surface area (Å²) in [6.07, 6.45) is 0. The average molecular weight is 450 g/mol. The minimum atomic E-state index is -0.0644. The number of hydrogen-bond acceptors (Lipinski definition) is 4. The number of hydrogen-bond donors (Lipinski definition) is 1. The quantitative estimate of drug-likeness (QED) is 0.475. The normalized spacial score (nSPS) is 10.6. The lowest BCUT2D eigenvalue weighted by atomic mass is 10.2. The van der Waals surface area contributed by atoms with Gasteiger partial charge in [-0.15, -0.1) is 10.2 Å². The van der Waals surface area contributed by atoms with Crippen LogP contribution in [0.1, 0.15) is 0 Å². The Morgan fingerprint density at radius 1 is 1.12 bits per heavy atom. The Labute approximate surface area is 158 Å². The molecule has 0 fully saturated rings. The number of amides is 1. The largest absolute Gasteiger partial charge is 0.325 e. The third-order valence-electron chi connectivity index (χ3n) is 3.33. The number of rotatable bonds is 5. The summed E-state index contributed by atoms with van der Waals surface area (Å²) in [6, 6.07) is 17.6. The van der Waals surface area contributed by atoms with Crippen LogP contribution in [-0.4, -0.2) is 26.4 Å². The van der Waals surface area contributed by atoms with Gasteiger partial charge in [-0.2, -0.15) is 0 Å². The molecule has 3 aromatic rings. The molecule has 0 aliphatic carbocycles. The first-order valence-electron chi connectivity index (χ1n) is 7.26. The lowest BCUT2D eigenvalue weighted by Crippen LogP contribution is -2.14. The van der Waals surface area contributed by atoms with Crippen LogP contribution in [0.15, 0.2) is 59.8 Å². The van der Waals surface area contributed by atoms with Crippen LogP contribution in [0.4, 0.5) is 5.69 Å². The van der Waals surface area contributed by atoms with Crippen LogP contribution in [0.25, 0.3) is 11.4 Å². The van der Waals surface area contributed by atoms with Crippen LogP contribution in [0.2, 0.25) is 0 Å². The number of halogens is 1. The summed E-state index contributed by atoms with van der Waals surface area (Å²) in [7, 11) is 1.90. The number of nitrogens with one attached hydrogen (secondary N) is 1. The van der Waals surface area contributed by atoms with Gasteiger partial charge in [-0.25, -0.2) is 0 Å². The molecule has 0 spiro atoms. The number of carbonyl (C=O) groups excluding carboxylic acids is 1. The summed E-state index contributed by atoms with van der Waals surface area (Å²) in [4.78, 5) is 12.1. The molecule has 1 aromatic heterocycles. The molecule has 2 aromatic carbocycles. The van der Waals surface area contributed by atoms with Crippen LogP contribution < -0.4 is 5.32 Å². The molecule has 0 aliphatic rings. The molecule has 1 amide bonds. The zero-order chi connectivity index (χ0) is 16.9. The molecule has 3 rings (SSSR count). The molecule has 0 bridgehead atoms. The van der Waals surface area contributed by atoms with Crippen molar-refractivity contribution in [2.24, 2.45) is 7.05 Å². The van der Waals surface area contributed by atoms with Gasteiger partial charge in [-0.1, -0.05) is 42.1 Å². The van der Waals surface area contributed by atoms with Crippen LogP contribution in [-0.2, 0) is 11.8 Å². The van der Waals surface area contributed by atoms with E-state index >= 15 is 0 Å². The Balaban J connectivity index is 1.62. The van der Waals surface area contributed by atoms with Crippen molar-refractivity contribution in [3.8, 4) is 11.4 Å². The molecule has 24 heavy (non-hydrogen) atoms. The number of aromatic nitrogens is 3. The lowest BCUT2D eigenvalue weighted by Gasteiger charge is -2.06. The molecule has 0 saturated carbocycles. The molecule has 0 radical (unpaired) electrons. The standard InChI is InChI=1S/C17H15IN4OS/c1-22-16(12-5-3-2-4-6-12)20-21-17(22)24-11-15(23)19-14-9-7-13(18)8-10-14/h2-10H,11H2,1H3,(H,19,23). The molecule has 0 saturated heterocycles. The van der Waals surface area contributed by atoms with Crippen molar-refractivity contribution in [1.82, 2.24) is 14.8 Å². The predicted molar refractivity (Wildman–Crippen MR) is 105 cm³/mol. The highest BCUT2D eigenvalue weighted by molar-refractivity contribution is 14.1. The van der Waals surface area contributed by atoms with Crippen molar-refractivity contribution >= 4 is 45.9 Å². The van der Waals surface area contributed by atoms with Crippen molar-refractivity contribution in [1.29, 1.82) is 0 Å². The van der Waals surface area contributed by atoms with Gasteiger partial charge in [-0.05, 0) is 46.9 Å². The Morgan fingerprint density at radius 3 is 2.54 bits per heavy atom. The van der Waals surface area contributed by atoms with Gasteiger partial charge in [0.05, 0.1) is 5.75 Å². The van der Waals surface area contributed by atoms with Gasteiger partial charge < -0.3 is 9.88 Å². The summed E-state index contributed by atoms with van der Waals surface area (Å²) in [5.74, 6) is 1.01. The van der Waals surface area contributed by atoms with Gasteiger partial charge in [-0.3, -0.25) is 4.79 Å². The fourth-order valence-electron chi connectivity index (χ4n) is 2.14. The molecule has 1 heterocycles.